The van der Waals surface area contributed by atoms with Crippen LogP contribution in [-0.4, -0.2) is 186 Å². The van der Waals surface area contributed by atoms with Crippen LogP contribution in [0, 0.1) is 6.92 Å². The van der Waals surface area contributed by atoms with Crippen molar-refractivity contribution in [1.82, 2.24) is 63.1 Å². The van der Waals surface area contributed by atoms with Gasteiger partial charge in [-0.05, 0) is 97.0 Å². The van der Waals surface area contributed by atoms with E-state index in [4.69, 9.17) is 11.5 Å². The lowest BCUT2D eigenvalue weighted by Crippen LogP contribution is -2.66. The van der Waals surface area contributed by atoms with E-state index in [0.29, 0.717) is 35.2 Å². The maximum Gasteiger partial charge on any atom is 0.305 e. The maximum absolute atomic E-state index is 14.8. The van der Waals surface area contributed by atoms with Crippen LogP contribution in [0.15, 0.2) is 140 Å². The first-order chi connectivity index (χ1) is 50.9. The topological polar surface area (TPSA) is 504 Å². The van der Waals surface area contributed by atoms with Gasteiger partial charge in [0.05, 0.1) is 38.0 Å². The number of aromatic nitrogens is 2. The van der Waals surface area contributed by atoms with Crippen molar-refractivity contribution in [3.8, 4) is 22.3 Å². The fraction of sp³-hybridized carbons (Fsp3) is 0.395. The Morgan fingerprint density at radius 1 is 0.551 bits per heavy atom. The molecule has 0 aliphatic heterocycles. The van der Waals surface area contributed by atoms with E-state index in [1.165, 1.54) is 26.4 Å². The fourth-order valence-electron chi connectivity index (χ4n) is 11.6. The molecule has 5 aromatic carbocycles. The van der Waals surface area contributed by atoms with Gasteiger partial charge in [0.25, 0.3) is 0 Å². The summed E-state index contributed by atoms with van der Waals surface area (Å²) in [5.74, 6) is -14.2. The van der Waals surface area contributed by atoms with Gasteiger partial charge in [-0.3, -0.25) is 62.3 Å². The number of rotatable bonds is 42. The second-order valence-electron chi connectivity index (χ2n) is 26.3. The number of nitrogens with two attached hydrogens (primary N) is 2. The van der Waals surface area contributed by atoms with Crippen molar-refractivity contribution in [3.63, 3.8) is 0 Å². The second kappa shape index (κ2) is 41.1. The number of hydrogen-bond donors (Lipinski definition) is 17. The average molecular weight is 1480 g/mol. The number of primary amides is 1. The average Bonchev–Trinajstić information content (AvgIpc) is 1.50. The van der Waals surface area contributed by atoms with Crippen molar-refractivity contribution in [2.45, 2.75) is 178 Å². The van der Waals surface area contributed by atoms with E-state index in [1.54, 1.807) is 61.5 Å². The Kier molecular flexibility index (Phi) is 32.4. The molecule has 31 heteroatoms. The minimum absolute atomic E-state index is 0.0288. The molecule has 0 saturated carbocycles. The predicted octanol–water partition coefficient (Wildman–Crippen LogP) is 0.490. The molecule has 6 rings (SSSR count). The van der Waals surface area contributed by atoms with Gasteiger partial charge >= 0.3 is 11.9 Å². The number of imidazole rings is 1. The summed E-state index contributed by atoms with van der Waals surface area (Å²) in [6.07, 6.45) is -0.110. The Balaban J connectivity index is 1.16. The van der Waals surface area contributed by atoms with E-state index in [-0.39, 0.29) is 32.1 Å². The predicted molar refractivity (Wildman–Crippen MR) is 393 cm³/mol. The van der Waals surface area contributed by atoms with Crippen molar-refractivity contribution in [1.29, 1.82) is 0 Å². The highest BCUT2D eigenvalue weighted by atomic mass is 16.4. The zero-order chi connectivity index (χ0) is 78.5. The number of H-pyrrole nitrogens is 1. The van der Waals surface area contributed by atoms with E-state index in [1.807, 2.05) is 86.6 Å². The van der Waals surface area contributed by atoms with Gasteiger partial charge in [-0.2, -0.15) is 0 Å². The summed E-state index contributed by atoms with van der Waals surface area (Å²) in [4.78, 5) is 184. The molecule has 11 atom stereocenters. The zero-order valence-corrected chi connectivity index (χ0v) is 60.4. The van der Waals surface area contributed by atoms with Crippen LogP contribution in [0.1, 0.15) is 107 Å². The van der Waals surface area contributed by atoms with Gasteiger partial charge in [0.1, 0.15) is 53.9 Å². The van der Waals surface area contributed by atoms with Gasteiger partial charge in [-0.25, -0.2) is 4.98 Å². The van der Waals surface area contributed by atoms with Crippen LogP contribution in [0.5, 0.6) is 0 Å². The zero-order valence-electron chi connectivity index (χ0n) is 60.4. The largest absolute Gasteiger partial charge is 0.481 e. The highest BCUT2D eigenvalue weighted by molar-refractivity contribution is 6.00. The third-order valence-corrected chi connectivity index (χ3v) is 17.7. The van der Waals surface area contributed by atoms with Crippen LogP contribution >= 0.6 is 0 Å². The summed E-state index contributed by atoms with van der Waals surface area (Å²) < 4.78 is 0. The number of aliphatic carboxylic acids is 2. The number of aryl methyl sites for hydroxylation is 2. The van der Waals surface area contributed by atoms with Crippen molar-refractivity contribution < 1.29 is 82.8 Å². The number of benzene rings is 5. The Labute approximate surface area is 618 Å². The summed E-state index contributed by atoms with van der Waals surface area (Å²) in [6, 6.07) is 23.9. The quantitative estimate of drug-likeness (QED) is 0.0248. The minimum atomic E-state index is -2.05. The Morgan fingerprint density at radius 3 is 1.68 bits per heavy atom. The number of aliphatic hydroxyl groups is 2. The molecule has 107 heavy (non-hydrogen) atoms. The molecule has 19 N–H and O–H groups in total. The van der Waals surface area contributed by atoms with E-state index >= 15 is 0 Å². The van der Waals surface area contributed by atoms with E-state index in [9.17, 15) is 82.8 Å². The highest BCUT2D eigenvalue weighted by Crippen LogP contribution is 2.27. The van der Waals surface area contributed by atoms with Crippen LogP contribution in [0.3, 0.4) is 0 Å². The summed E-state index contributed by atoms with van der Waals surface area (Å²) in [6.45, 7) is 7.44. The van der Waals surface area contributed by atoms with Crippen LogP contribution in [-0.2, 0) is 94.4 Å². The molecule has 0 fully saturated rings. The number of carbonyl (C=O) groups excluding carboxylic acids is 11. The second-order valence-corrected chi connectivity index (χ2v) is 26.3. The number of carbonyl (C=O) groups is 13. The smallest absolute Gasteiger partial charge is 0.305 e. The van der Waals surface area contributed by atoms with Gasteiger partial charge in [0, 0.05) is 44.0 Å². The van der Waals surface area contributed by atoms with Crippen molar-refractivity contribution in [2.75, 3.05) is 13.2 Å². The summed E-state index contributed by atoms with van der Waals surface area (Å²) in [5.41, 5.74) is 17.8. The van der Waals surface area contributed by atoms with Gasteiger partial charge in [0.2, 0.25) is 65.0 Å². The van der Waals surface area contributed by atoms with Gasteiger partial charge < -0.3 is 90.0 Å². The first kappa shape index (κ1) is 84.2. The van der Waals surface area contributed by atoms with E-state index < -0.39 is 175 Å². The third kappa shape index (κ3) is 26.1. The SMILES string of the molecule is CCCC[C@H](NC(=O)CNC(=O)[C@H](CCC(=O)O)NC(=O)[C@H](C)NC(=O)[C@@H](N)Cc1cnc[nH]1)C(=O)N[C@@](C)(Cc1ccccc1)C(=O)N[C@H](C(=O)N[C@@H](CO)C(=O)N[C@@H](CC(=O)O)C(=O)N[C@@H](Cc1ccc(-c2ccccc2CC)cc1)C(=O)N[C@@H](Cc1ccc(-c2ccccc2C)cc1)C(N)=O)[C@@H](C)O. The summed E-state index contributed by atoms with van der Waals surface area (Å²) in [7, 11) is 0. The van der Waals surface area contributed by atoms with Gasteiger partial charge in [-0.15, -0.1) is 0 Å². The van der Waals surface area contributed by atoms with Crippen LogP contribution in [0.25, 0.3) is 22.3 Å². The molecule has 6 aromatic rings. The molecule has 1 heterocycles. The number of nitrogens with zero attached hydrogens (tertiary/aromatic N) is 1. The molecule has 0 radical (unpaired) electrons. The van der Waals surface area contributed by atoms with Crippen LogP contribution < -0.4 is 64.6 Å². The van der Waals surface area contributed by atoms with Crippen molar-refractivity contribution in [2.24, 2.45) is 11.5 Å². The molecule has 31 nitrogen and oxygen atoms in total. The van der Waals surface area contributed by atoms with Gasteiger partial charge in [0.15, 0.2) is 0 Å². The van der Waals surface area contributed by atoms with Crippen molar-refractivity contribution in [3.05, 3.63) is 173 Å². The molecule has 11 amide bonds. The van der Waals surface area contributed by atoms with Crippen LogP contribution in [0.4, 0.5) is 0 Å². The monoisotopic (exact) mass is 1480 g/mol. The molecule has 0 saturated heterocycles. The number of hydrogen-bond acceptors (Lipinski definition) is 17. The fourth-order valence-corrected chi connectivity index (χ4v) is 11.6. The molecule has 572 valence electrons. The number of amides is 11. The Bertz CT molecular complexity index is 4070. The molecule has 1 aromatic heterocycles. The van der Waals surface area contributed by atoms with E-state index in [0.717, 1.165) is 46.7 Å². The summed E-state index contributed by atoms with van der Waals surface area (Å²) >= 11 is 0. The number of nitrogens with one attached hydrogen (secondary N) is 11. The molecule has 0 aliphatic carbocycles. The lowest BCUT2D eigenvalue weighted by atomic mass is 9.90. The van der Waals surface area contributed by atoms with E-state index in [2.05, 4.69) is 63.1 Å². The molecule has 0 unspecified atom stereocenters. The number of carboxylic acid groups (broad SMARTS) is 2. The number of aliphatic hydroxyl groups excluding tert-OH is 2. The molecule has 0 spiro atoms. The minimum Gasteiger partial charge on any atom is -0.481 e. The number of aromatic amines is 1. The normalized spacial score (nSPS) is 14.4. The molecule has 0 bridgehead atoms. The van der Waals surface area contributed by atoms with Crippen LogP contribution in [0.2, 0.25) is 0 Å². The lowest BCUT2D eigenvalue weighted by molar-refractivity contribution is -0.142. The summed E-state index contributed by atoms with van der Waals surface area (Å²) in [5, 5.41) is 65.6. The third-order valence-electron chi connectivity index (χ3n) is 17.7. The van der Waals surface area contributed by atoms with Crippen molar-refractivity contribution >= 4 is 76.9 Å². The molecular formula is C76H96N14O17. The lowest BCUT2D eigenvalue weighted by Gasteiger charge is -2.34. The molecular weight excluding hydrogens is 1380 g/mol. The first-order valence-electron chi connectivity index (χ1n) is 35.1. The first-order valence-corrected chi connectivity index (χ1v) is 35.1. The Hall–Kier alpha value is -11.7. The molecule has 0 aliphatic rings. The maximum atomic E-state index is 14.8. The van der Waals surface area contributed by atoms with Gasteiger partial charge in [-0.1, -0.05) is 154 Å². The standard InChI is InChI=1S/C76H96N14O17/c1-7-9-23-56(83-62(93)40-80-69(101)57(32-33-63(94)95)84-67(99)44(4)82-68(100)55(77)36-52-39-79-42-81-52)73(105)90-76(6,38-48-18-11-10-12-19-48)75(107)89-65(45(5)92)74(106)88-61(41-91)72(104)87-60(37-64(96)97)71(103)86-59(35-47-26-30-51(31-27-47)54-22-16-14-20-49(54)8-2)70(102)85-58(66(78)98)34-46-24-28-50(29-25-46)53-21-15-13-17-43(53)3/h10-22,24-31,39,42,44-45,55-61,65,91-92H,7-9,23,32-38,40-41,77H2,1-6H3,(H2,78,98)(H,79,81)(H,80,101)(H,82,100)(H,83,93)(H,84,99)(H,85,102)(H,86,103)(H,87,104)(H,88,106)(H,89,107)(H,90,105)(H,94,95)(H,96,97)/t44-,45+,55-,56-,57-,58-,59-,60-,61-,65-,76-/m0/s1. The number of unbranched alkanes of at least 4 members (excludes halogenated alkanes) is 1. The highest BCUT2D eigenvalue weighted by Gasteiger charge is 2.42. The number of carboxylic acids is 2. The Morgan fingerprint density at radius 2 is 1.10 bits per heavy atom.